The van der Waals surface area contributed by atoms with Gasteiger partial charge in [-0.15, -0.1) is 0 Å². The normalized spacial score (nSPS) is 30.6. The molecule has 5 atom stereocenters. The van der Waals surface area contributed by atoms with Gasteiger partial charge in [-0.05, 0) is 70.4 Å². The number of hydrogen-bond acceptors (Lipinski definition) is 7. The summed E-state index contributed by atoms with van der Waals surface area (Å²) in [5, 5.41) is 15.6. The summed E-state index contributed by atoms with van der Waals surface area (Å²) in [5.41, 5.74) is 0.0602. The fourth-order valence-electron chi connectivity index (χ4n) is 7.86. The number of nitrogens with one attached hydrogen (secondary N) is 2. The number of carbonyl (C=O) groups is 5. The van der Waals surface area contributed by atoms with E-state index in [-0.39, 0.29) is 30.7 Å². The zero-order chi connectivity index (χ0) is 34.3. The maximum atomic E-state index is 14.2. The van der Waals surface area contributed by atoms with E-state index in [1.807, 2.05) is 30.4 Å². The van der Waals surface area contributed by atoms with Crippen molar-refractivity contribution < 1.29 is 38.6 Å². The zero-order valence-corrected chi connectivity index (χ0v) is 28.2. The fourth-order valence-corrected chi connectivity index (χ4v) is 7.86. The summed E-state index contributed by atoms with van der Waals surface area (Å²) >= 11 is 0. The number of hydrogen-bond donors (Lipinski definition) is 3. The molecule has 1 aromatic rings. The maximum Gasteiger partial charge on any atom is 0.410 e. The molecule has 0 unspecified atom stereocenters. The van der Waals surface area contributed by atoms with E-state index in [4.69, 9.17) is 9.47 Å². The fraction of sp³-hybridized carbons (Fsp3) is 0.639. The molecule has 1 saturated heterocycles. The third kappa shape index (κ3) is 6.89. The number of carboxylic acid groups (broad SMARTS) is 1. The molecule has 48 heavy (non-hydrogen) atoms. The minimum absolute atomic E-state index is 0.00818. The first-order valence-corrected chi connectivity index (χ1v) is 17.4. The average molecular weight is 665 g/mol. The number of allylic oxidation sites excluding steroid dienone is 1. The van der Waals surface area contributed by atoms with Gasteiger partial charge in [0.05, 0.1) is 6.54 Å². The Labute approximate surface area is 281 Å². The van der Waals surface area contributed by atoms with Crippen LogP contribution >= 0.6 is 0 Å². The first kappa shape index (κ1) is 33.8. The number of carboxylic acids is 1. The van der Waals surface area contributed by atoms with Gasteiger partial charge in [-0.1, -0.05) is 55.7 Å². The number of ether oxygens (including phenoxy) is 2. The molecule has 0 radical (unpaired) electrons. The molecule has 0 bridgehead atoms. The van der Waals surface area contributed by atoms with Gasteiger partial charge < -0.3 is 35.0 Å². The van der Waals surface area contributed by atoms with Crippen molar-refractivity contribution in [3.63, 3.8) is 0 Å². The highest BCUT2D eigenvalue weighted by molar-refractivity contribution is 5.96. The second-order valence-electron chi connectivity index (χ2n) is 15.2. The van der Waals surface area contributed by atoms with Crippen LogP contribution < -0.4 is 10.6 Å². The van der Waals surface area contributed by atoms with E-state index in [2.05, 4.69) is 16.7 Å². The van der Waals surface area contributed by atoms with E-state index >= 15 is 0 Å². The lowest BCUT2D eigenvalue weighted by atomic mass is 9.61. The van der Waals surface area contributed by atoms with Gasteiger partial charge in [-0.3, -0.25) is 9.59 Å². The minimum atomic E-state index is -1.45. The van der Waals surface area contributed by atoms with E-state index in [1.54, 1.807) is 25.7 Å². The Bertz CT molecular complexity index is 1480. The summed E-state index contributed by atoms with van der Waals surface area (Å²) in [6.07, 6.45) is 8.44. The van der Waals surface area contributed by atoms with Crippen LogP contribution in [0.5, 0.6) is 0 Å². The van der Waals surface area contributed by atoms with Crippen LogP contribution in [0.1, 0.15) is 96.1 Å². The summed E-state index contributed by atoms with van der Waals surface area (Å²) in [7, 11) is 0. The number of fused-ring (bicyclic) bond motifs is 4. The van der Waals surface area contributed by atoms with Crippen molar-refractivity contribution >= 4 is 30.0 Å². The molecule has 260 valence electrons. The van der Waals surface area contributed by atoms with Crippen molar-refractivity contribution in [2.24, 2.45) is 5.92 Å². The highest BCUT2D eigenvalue weighted by atomic mass is 16.6. The lowest BCUT2D eigenvalue weighted by Crippen LogP contribution is -2.56. The van der Waals surface area contributed by atoms with Crippen LogP contribution in [0.2, 0.25) is 0 Å². The van der Waals surface area contributed by atoms with Gasteiger partial charge in [0.15, 0.2) is 0 Å². The van der Waals surface area contributed by atoms with E-state index < -0.39 is 59.3 Å². The van der Waals surface area contributed by atoms with Gasteiger partial charge in [0.1, 0.15) is 29.3 Å². The second kappa shape index (κ2) is 13.1. The van der Waals surface area contributed by atoms with Crippen molar-refractivity contribution in [3.05, 3.63) is 47.5 Å². The molecule has 12 nitrogen and oxygen atoms in total. The van der Waals surface area contributed by atoms with Crippen molar-refractivity contribution in [2.75, 3.05) is 13.1 Å². The molecule has 1 aromatic carbocycles. The monoisotopic (exact) mass is 664 g/mol. The molecular formula is C36H48N4O8. The van der Waals surface area contributed by atoms with Gasteiger partial charge in [0, 0.05) is 30.8 Å². The quantitative estimate of drug-likeness (QED) is 0.402. The van der Waals surface area contributed by atoms with Crippen molar-refractivity contribution in [1.29, 1.82) is 0 Å². The number of carbonyl (C=O) groups excluding carboxylic acids is 4. The number of aliphatic carboxylic acids is 1. The molecule has 3 fully saturated rings. The SMILES string of the molecule is CC(C)(C)OC(=O)N[C@H]1CCCCC/C=C\[C@H]2C[C@@]2(C(=O)O)NC(=O)[C@@H]2C[C@@H](OC(=O)N3Cc4ccccc4C4(CCC4)C3)CN2C1=O. The molecule has 6 rings (SSSR count). The van der Waals surface area contributed by atoms with E-state index in [1.165, 1.54) is 10.5 Å². The van der Waals surface area contributed by atoms with Crippen LogP contribution in [0, 0.1) is 5.92 Å². The lowest BCUT2D eigenvalue weighted by Gasteiger charge is -2.49. The Morgan fingerprint density at radius 2 is 1.83 bits per heavy atom. The molecular weight excluding hydrogens is 616 g/mol. The molecule has 3 N–H and O–H groups in total. The van der Waals surface area contributed by atoms with Crippen LogP contribution in [0.15, 0.2) is 36.4 Å². The first-order chi connectivity index (χ1) is 22.8. The van der Waals surface area contributed by atoms with Gasteiger partial charge in [0.25, 0.3) is 0 Å². The number of nitrogens with zero attached hydrogens (tertiary/aromatic N) is 2. The predicted octanol–water partition coefficient (Wildman–Crippen LogP) is 4.40. The predicted molar refractivity (Wildman–Crippen MR) is 175 cm³/mol. The Hall–Kier alpha value is -4.09. The molecule has 5 aliphatic rings. The van der Waals surface area contributed by atoms with Crippen LogP contribution in [-0.2, 0) is 35.8 Å². The summed E-state index contributed by atoms with van der Waals surface area (Å²) < 4.78 is 11.5. The Morgan fingerprint density at radius 3 is 2.54 bits per heavy atom. The van der Waals surface area contributed by atoms with E-state index in [0.29, 0.717) is 25.9 Å². The Kier molecular flexibility index (Phi) is 9.21. The number of alkyl carbamates (subject to hydrolysis) is 1. The van der Waals surface area contributed by atoms with Crippen molar-refractivity contribution in [3.8, 4) is 0 Å². The lowest BCUT2D eigenvalue weighted by molar-refractivity contribution is -0.145. The van der Waals surface area contributed by atoms with Crippen LogP contribution in [0.3, 0.4) is 0 Å². The minimum Gasteiger partial charge on any atom is -0.479 e. The largest absolute Gasteiger partial charge is 0.479 e. The zero-order valence-electron chi connectivity index (χ0n) is 28.2. The maximum absolute atomic E-state index is 14.2. The molecule has 0 aromatic heterocycles. The molecule has 2 aliphatic carbocycles. The average Bonchev–Trinajstić information content (AvgIpc) is 3.54. The second-order valence-corrected chi connectivity index (χ2v) is 15.2. The Balaban J connectivity index is 1.23. The molecule has 12 heteroatoms. The van der Waals surface area contributed by atoms with Crippen LogP contribution in [-0.4, -0.2) is 87.3 Å². The summed E-state index contributed by atoms with van der Waals surface area (Å²) in [6.45, 7) is 6.09. The van der Waals surface area contributed by atoms with Crippen LogP contribution in [0.4, 0.5) is 9.59 Å². The molecule has 4 amide bonds. The highest BCUT2D eigenvalue weighted by Crippen LogP contribution is 2.48. The Morgan fingerprint density at radius 1 is 1.06 bits per heavy atom. The van der Waals surface area contributed by atoms with E-state index in [9.17, 15) is 29.1 Å². The molecule has 2 saturated carbocycles. The smallest absolute Gasteiger partial charge is 0.410 e. The molecule has 3 aliphatic heterocycles. The van der Waals surface area contributed by atoms with E-state index in [0.717, 1.165) is 44.1 Å². The third-order valence-electron chi connectivity index (χ3n) is 10.6. The highest BCUT2D eigenvalue weighted by Gasteiger charge is 2.61. The summed E-state index contributed by atoms with van der Waals surface area (Å²) in [4.78, 5) is 70.1. The summed E-state index contributed by atoms with van der Waals surface area (Å²) in [5.74, 6) is -2.60. The third-order valence-corrected chi connectivity index (χ3v) is 10.6. The molecule has 1 spiro atoms. The summed E-state index contributed by atoms with van der Waals surface area (Å²) in [6, 6.07) is 6.12. The van der Waals surface area contributed by atoms with Crippen molar-refractivity contribution in [2.45, 2.75) is 126 Å². The topological polar surface area (TPSA) is 155 Å². The van der Waals surface area contributed by atoms with Gasteiger partial charge in [0.2, 0.25) is 11.8 Å². The van der Waals surface area contributed by atoms with Gasteiger partial charge >= 0.3 is 18.2 Å². The van der Waals surface area contributed by atoms with Gasteiger partial charge in [-0.25, -0.2) is 14.4 Å². The number of amides is 4. The molecule has 3 heterocycles. The number of benzene rings is 1. The standard InChI is InChI=1S/C36H48N4O8/c1-34(2,3)48-32(45)37-27-15-8-6-4-5-7-13-24-19-36(24,31(43)44)38-29(41)28-18-25(21-40(28)30(27)42)47-33(46)39-20-23-12-9-10-14-26(23)35(22-39)16-11-17-35/h7,9-10,12-14,24-25,27-28H,4-6,8,11,15-22H2,1-3H3,(H,37,45)(H,38,41)(H,43,44)/b13-7-/t24-,25+,27-,28-,36+/m0/s1. The number of rotatable bonds is 3. The van der Waals surface area contributed by atoms with Gasteiger partial charge in [-0.2, -0.15) is 0 Å². The van der Waals surface area contributed by atoms with Crippen molar-refractivity contribution in [1.82, 2.24) is 20.4 Å². The first-order valence-electron chi connectivity index (χ1n) is 17.4. The van der Waals surface area contributed by atoms with Crippen LogP contribution in [0.25, 0.3) is 0 Å².